The summed E-state index contributed by atoms with van der Waals surface area (Å²) in [4.78, 5) is 12.1. The lowest BCUT2D eigenvalue weighted by Crippen LogP contribution is -2.26. The summed E-state index contributed by atoms with van der Waals surface area (Å²) in [5.74, 6) is 1.19. The molecule has 2 atom stereocenters. The van der Waals surface area contributed by atoms with Crippen LogP contribution in [0.2, 0.25) is 10.0 Å². The van der Waals surface area contributed by atoms with Crippen LogP contribution in [-0.4, -0.2) is 12.1 Å². The third-order valence-corrected chi connectivity index (χ3v) is 4.65. The lowest BCUT2D eigenvalue weighted by Gasteiger charge is -2.27. The zero-order valence-electron chi connectivity index (χ0n) is 10.6. The summed E-state index contributed by atoms with van der Waals surface area (Å²) in [5, 5.41) is 0.923. The molecular weight excluding hydrogens is 283 g/mol. The van der Waals surface area contributed by atoms with Crippen molar-refractivity contribution in [2.75, 3.05) is 0 Å². The first-order chi connectivity index (χ1) is 9.10. The van der Waals surface area contributed by atoms with Gasteiger partial charge in [-0.25, -0.2) is 4.79 Å². The first kappa shape index (κ1) is 13.3. The standard InChI is InChI=1S/C15H16Cl2O2/c16-12-6-11(7-13(17)8-12)15(18)19-14-4-9-1-2-10(3-9)5-14/h6-10,14H,1-5H2. The number of hydrogen-bond acceptors (Lipinski definition) is 2. The predicted molar refractivity (Wildman–Crippen MR) is 75.7 cm³/mol. The molecule has 0 spiro atoms. The van der Waals surface area contributed by atoms with Crippen molar-refractivity contribution in [2.45, 2.75) is 38.2 Å². The van der Waals surface area contributed by atoms with Crippen molar-refractivity contribution in [1.82, 2.24) is 0 Å². The molecule has 1 aromatic rings. The fourth-order valence-electron chi connectivity index (χ4n) is 3.43. The first-order valence-electron chi connectivity index (χ1n) is 6.77. The van der Waals surface area contributed by atoms with Crippen molar-refractivity contribution in [3.63, 3.8) is 0 Å². The molecule has 0 saturated heterocycles. The topological polar surface area (TPSA) is 26.3 Å². The summed E-state index contributed by atoms with van der Waals surface area (Å²) in [6, 6.07) is 4.82. The molecule has 0 aliphatic heterocycles. The second kappa shape index (κ2) is 5.34. The Bertz CT molecular complexity index is 469. The molecule has 2 aliphatic carbocycles. The zero-order valence-corrected chi connectivity index (χ0v) is 12.1. The Morgan fingerprint density at radius 3 is 2.16 bits per heavy atom. The molecule has 2 saturated carbocycles. The van der Waals surface area contributed by atoms with Gasteiger partial charge in [-0.2, -0.15) is 0 Å². The Morgan fingerprint density at radius 2 is 1.58 bits per heavy atom. The van der Waals surface area contributed by atoms with Gasteiger partial charge >= 0.3 is 5.97 Å². The first-order valence-corrected chi connectivity index (χ1v) is 7.53. The second-order valence-corrected chi connectivity index (χ2v) is 6.57. The number of halogens is 2. The van der Waals surface area contributed by atoms with Crippen LogP contribution in [0.4, 0.5) is 0 Å². The average molecular weight is 299 g/mol. The second-order valence-electron chi connectivity index (χ2n) is 5.70. The quantitative estimate of drug-likeness (QED) is 0.738. The molecule has 0 heterocycles. The van der Waals surface area contributed by atoms with E-state index in [1.54, 1.807) is 18.2 Å². The summed E-state index contributed by atoms with van der Waals surface area (Å²) < 4.78 is 5.61. The molecule has 4 heteroatoms. The maximum Gasteiger partial charge on any atom is 0.338 e. The van der Waals surface area contributed by atoms with Crippen LogP contribution in [-0.2, 0) is 4.74 Å². The molecule has 2 nitrogen and oxygen atoms in total. The van der Waals surface area contributed by atoms with E-state index in [0.29, 0.717) is 15.6 Å². The van der Waals surface area contributed by atoms with E-state index in [-0.39, 0.29) is 12.1 Å². The number of hydrogen-bond donors (Lipinski definition) is 0. The van der Waals surface area contributed by atoms with Gasteiger partial charge < -0.3 is 4.74 Å². The van der Waals surface area contributed by atoms with Crippen molar-refractivity contribution in [1.29, 1.82) is 0 Å². The van der Waals surface area contributed by atoms with Crippen molar-refractivity contribution in [3.05, 3.63) is 33.8 Å². The molecule has 2 fully saturated rings. The molecule has 2 aliphatic rings. The van der Waals surface area contributed by atoms with Crippen molar-refractivity contribution in [3.8, 4) is 0 Å². The van der Waals surface area contributed by atoms with E-state index in [9.17, 15) is 4.79 Å². The highest BCUT2D eigenvalue weighted by molar-refractivity contribution is 6.35. The van der Waals surface area contributed by atoms with Crippen LogP contribution in [0, 0.1) is 11.8 Å². The van der Waals surface area contributed by atoms with Crippen molar-refractivity contribution >= 4 is 29.2 Å². The summed E-state index contributed by atoms with van der Waals surface area (Å²) in [6.45, 7) is 0. The largest absolute Gasteiger partial charge is 0.459 e. The SMILES string of the molecule is O=C(OC1CC2CCC(C2)C1)c1cc(Cl)cc(Cl)c1. The van der Waals surface area contributed by atoms with E-state index < -0.39 is 0 Å². The summed E-state index contributed by atoms with van der Waals surface area (Å²) >= 11 is 11.8. The minimum absolute atomic E-state index is 0.0662. The number of ether oxygens (including phenoxy) is 1. The highest BCUT2D eigenvalue weighted by Gasteiger charge is 2.35. The van der Waals surface area contributed by atoms with Crippen LogP contribution in [0.15, 0.2) is 18.2 Å². The number of esters is 1. The molecule has 0 aromatic heterocycles. The molecule has 102 valence electrons. The number of rotatable bonds is 2. The van der Waals surface area contributed by atoms with Gasteiger partial charge in [0.15, 0.2) is 0 Å². The molecule has 2 bridgehead atoms. The van der Waals surface area contributed by atoms with Crippen molar-refractivity contribution in [2.24, 2.45) is 11.8 Å². The molecule has 0 radical (unpaired) electrons. The van der Waals surface area contributed by atoms with Crippen LogP contribution >= 0.6 is 23.2 Å². The van der Waals surface area contributed by atoms with Crippen molar-refractivity contribution < 1.29 is 9.53 Å². The molecular formula is C15H16Cl2O2. The summed E-state index contributed by atoms with van der Waals surface area (Å²) in [5.41, 5.74) is 0.440. The van der Waals surface area contributed by atoms with Gasteiger partial charge in [-0.05, 0) is 49.3 Å². The minimum Gasteiger partial charge on any atom is -0.459 e. The number of carbonyl (C=O) groups excluding carboxylic acids is 1. The van der Waals surface area contributed by atoms with Gasteiger partial charge in [0.2, 0.25) is 0 Å². The Balaban J connectivity index is 1.67. The monoisotopic (exact) mass is 298 g/mol. The molecule has 3 rings (SSSR count). The Kier molecular flexibility index (Phi) is 3.72. The van der Waals surface area contributed by atoms with Crippen LogP contribution in [0.1, 0.15) is 42.5 Å². The van der Waals surface area contributed by atoms with Crippen LogP contribution in [0.3, 0.4) is 0 Å². The highest BCUT2D eigenvalue weighted by Crippen LogP contribution is 2.43. The van der Waals surface area contributed by atoms with Gasteiger partial charge in [0.1, 0.15) is 6.10 Å². The van der Waals surface area contributed by atoms with Gasteiger partial charge in [0, 0.05) is 10.0 Å². The number of fused-ring (bicyclic) bond motifs is 2. The lowest BCUT2D eigenvalue weighted by atomic mass is 9.87. The fourth-order valence-corrected chi connectivity index (χ4v) is 3.96. The van der Waals surface area contributed by atoms with Gasteiger partial charge in [-0.15, -0.1) is 0 Å². The summed E-state index contributed by atoms with van der Waals surface area (Å²) in [7, 11) is 0. The van der Waals surface area contributed by atoms with Gasteiger partial charge in [0.25, 0.3) is 0 Å². The van der Waals surface area contributed by atoms with E-state index in [2.05, 4.69) is 0 Å². The molecule has 1 aromatic carbocycles. The van der Waals surface area contributed by atoms with Crippen LogP contribution in [0.25, 0.3) is 0 Å². The minimum atomic E-state index is -0.310. The maximum atomic E-state index is 12.1. The van der Waals surface area contributed by atoms with Gasteiger partial charge in [0.05, 0.1) is 5.56 Å². The molecule has 0 N–H and O–H groups in total. The Hall–Kier alpha value is -0.730. The zero-order chi connectivity index (χ0) is 13.4. The van der Waals surface area contributed by atoms with Gasteiger partial charge in [-0.3, -0.25) is 0 Å². The van der Waals surface area contributed by atoms with E-state index in [1.165, 1.54) is 19.3 Å². The summed E-state index contributed by atoms with van der Waals surface area (Å²) in [6.07, 6.45) is 5.99. The molecule has 2 unspecified atom stereocenters. The highest BCUT2D eigenvalue weighted by atomic mass is 35.5. The van der Waals surface area contributed by atoms with Crippen LogP contribution < -0.4 is 0 Å². The number of carbonyl (C=O) groups is 1. The van der Waals surface area contributed by atoms with Gasteiger partial charge in [-0.1, -0.05) is 36.0 Å². The Morgan fingerprint density at radius 1 is 1.00 bits per heavy atom. The smallest absolute Gasteiger partial charge is 0.338 e. The van der Waals surface area contributed by atoms with E-state index >= 15 is 0 Å². The van der Waals surface area contributed by atoms with Crippen LogP contribution in [0.5, 0.6) is 0 Å². The van der Waals surface area contributed by atoms with E-state index in [1.807, 2.05) is 0 Å². The molecule has 19 heavy (non-hydrogen) atoms. The van der Waals surface area contributed by atoms with E-state index in [0.717, 1.165) is 24.7 Å². The Labute approximate surface area is 123 Å². The predicted octanol–water partition coefficient (Wildman–Crippen LogP) is 4.73. The lowest BCUT2D eigenvalue weighted by molar-refractivity contribution is 0.0127. The number of benzene rings is 1. The average Bonchev–Trinajstić information content (AvgIpc) is 2.67. The van der Waals surface area contributed by atoms with E-state index in [4.69, 9.17) is 27.9 Å². The third-order valence-electron chi connectivity index (χ3n) is 4.21. The normalized spacial score (nSPS) is 29.3. The fraction of sp³-hybridized carbons (Fsp3) is 0.533. The molecule has 0 amide bonds. The maximum absolute atomic E-state index is 12.1. The third kappa shape index (κ3) is 3.06.